The van der Waals surface area contributed by atoms with Crippen LogP contribution in [0.3, 0.4) is 0 Å². The SMILES string of the molecule is CCOc1c(Cl)cccc1NC(=O)N(C)C1CCS(=O)CC1. The van der Waals surface area contributed by atoms with E-state index in [4.69, 9.17) is 16.3 Å². The van der Waals surface area contributed by atoms with Crippen molar-refractivity contribution in [2.75, 3.05) is 30.5 Å². The van der Waals surface area contributed by atoms with Gasteiger partial charge in [-0.05, 0) is 31.9 Å². The quantitative estimate of drug-likeness (QED) is 0.913. The van der Waals surface area contributed by atoms with E-state index in [0.29, 0.717) is 34.6 Å². The van der Waals surface area contributed by atoms with Gasteiger partial charge < -0.3 is 15.0 Å². The maximum absolute atomic E-state index is 12.4. The maximum atomic E-state index is 12.4. The minimum atomic E-state index is -0.734. The van der Waals surface area contributed by atoms with E-state index in [1.807, 2.05) is 6.92 Å². The molecule has 1 heterocycles. The molecule has 7 heteroatoms. The summed E-state index contributed by atoms with van der Waals surface area (Å²) in [6.45, 7) is 2.33. The summed E-state index contributed by atoms with van der Waals surface area (Å²) in [5.41, 5.74) is 0.561. The van der Waals surface area contributed by atoms with Gasteiger partial charge in [-0.25, -0.2) is 4.79 Å². The van der Waals surface area contributed by atoms with Crippen molar-refractivity contribution in [3.63, 3.8) is 0 Å². The molecule has 1 fully saturated rings. The minimum Gasteiger partial charge on any atom is -0.490 e. The highest BCUT2D eigenvalue weighted by atomic mass is 35.5. The molecule has 0 atom stereocenters. The first-order valence-electron chi connectivity index (χ1n) is 7.33. The van der Waals surface area contributed by atoms with Crippen LogP contribution in [0.1, 0.15) is 19.8 Å². The first-order valence-corrected chi connectivity index (χ1v) is 9.19. The number of urea groups is 1. The van der Waals surface area contributed by atoms with Crippen LogP contribution in [0, 0.1) is 0 Å². The Morgan fingerprint density at radius 1 is 1.45 bits per heavy atom. The van der Waals surface area contributed by atoms with Crippen molar-refractivity contribution in [1.29, 1.82) is 0 Å². The molecular formula is C15H21ClN2O3S. The molecule has 1 aromatic rings. The first-order chi connectivity index (χ1) is 10.5. The Morgan fingerprint density at radius 2 is 2.14 bits per heavy atom. The highest BCUT2D eigenvalue weighted by Gasteiger charge is 2.25. The Balaban J connectivity index is 2.05. The third-order valence-electron chi connectivity index (χ3n) is 3.72. The Labute approximate surface area is 138 Å². The molecule has 0 saturated carbocycles. The monoisotopic (exact) mass is 344 g/mol. The van der Waals surface area contributed by atoms with Crippen LogP contribution < -0.4 is 10.1 Å². The average Bonchev–Trinajstić information content (AvgIpc) is 2.51. The molecule has 0 aliphatic carbocycles. The van der Waals surface area contributed by atoms with E-state index in [9.17, 15) is 9.00 Å². The number of benzene rings is 1. The zero-order valence-electron chi connectivity index (χ0n) is 12.8. The average molecular weight is 345 g/mol. The summed E-state index contributed by atoms with van der Waals surface area (Å²) in [4.78, 5) is 14.1. The molecule has 1 aromatic carbocycles. The fourth-order valence-electron chi connectivity index (χ4n) is 2.44. The standard InChI is InChI=1S/C15H21ClN2O3S/c1-3-21-14-12(16)5-4-6-13(14)17-15(19)18(2)11-7-9-22(20)10-8-11/h4-6,11H,3,7-10H2,1-2H3,(H,17,19). The van der Waals surface area contributed by atoms with E-state index in [0.717, 1.165) is 12.8 Å². The Kier molecular flexibility index (Phi) is 6.08. The zero-order chi connectivity index (χ0) is 16.1. The van der Waals surface area contributed by atoms with E-state index in [-0.39, 0.29) is 12.1 Å². The van der Waals surface area contributed by atoms with Crippen LogP contribution in [-0.4, -0.2) is 46.3 Å². The van der Waals surface area contributed by atoms with E-state index < -0.39 is 10.8 Å². The smallest absolute Gasteiger partial charge is 0.321 e. The summed E-state index contributed by atoms with van der Waals surface area (Å²) in [7, 11) is 1.03. The van der Waals surface area contributed by atoms with Crippen LogP contribution in [0.15, 0.2) is 18.2 Å². The molecular weight excluding hydrogens is 324 g/mol. The van der Waals surface area contributed by atoms with Gasteiger partial charge in [0.05, 0.1) is 17.3 Å². The van der Waals surface area contributed by atoms with Crippen LogP contribution in [0.2, 0.25) is 5.02 Å². The summed E-state index contributed by atoms with van der Waals surface area (Å²) >= 11 is 6.11. The summed E-state index contributed by atoms with van der Waals surface area (Å²) < 4.78 is 16.9. The third-order valence-corrected chi connectivity index (χ3v) is 5.40. The van der Waals surface area contributed by atoms with Crippen LogP contribution in [0.4, 0.5) is 10.5 Å². The highest BCUT2D eigenvalue weighted by molar-refractivity contribution is 7.85. The second-order valence-corrected chi connectivity index (χ2v) is 7.27. The van der Waals surface area contributed by atoms with Crippen LogP contribution in [0.25, 0.3) is 0 Å². The third kappa shape index (κ3) is 4.14. The number of nitrogens with one attached hydrogen (secondary N) is 1. The number of carbonyl (C=O) groups is 1. The largest absolute Gasteiger partial charge is 0.490 e. The van der Waals surface area contributed by atoms with Crippen molar-refractivity contribution in [1.82, 2.24) is 4.90 Å². The molecule has 2 rings (SSSR count). The normalized spacial score (nSPS) is 21.2. The molecule has 1 aliphatic heterocycles. The number of carbonyl (C=O) groups excluding carboxylic acids is 1. The molecule has 1 saturated heterocycles. The molecule has 5 nitrogen and oxygen atoms in total. The predicted molar refractivity (Wildman–Crippen MR) is 90.3 cm³/mol. The van der Waals surface area contributed by atoms with Gasteiger partial charge in [-0.15, -0.1) is 0 Å². The number of nitrogens with zero attached hydrogens (tertiary/aromatic N) is 1. The molecule has 122 valence electrons. The van der Waals surface area contributed by atoms with Gasteiger partial charge in [-0.2, -0.15) is 0 Å². The van der Waals surface area contributed by atoms with Gasteiger partial charge in [0.2, 0.25) is 0 Å². The Morgan fingerprint density at radius 3 is 2.77 bits per heavy atom. The van der Waals surface area contributed by atoms with Crippen molar-refractivity contribution < 1.29 is 13.7 Å². The van der Waals surface area contributed by atoms with Gasteiger partial charge in [-0.3, -0.25) is 4.21 Å². The second kappa shape index (κ2) is 7.83. The lowest BCUT2D eigenvalue weighted by molar-refractivity contribution is 0.199. The lowest BCUT2D eigenvalue weighted by atomic mass is 10.1. The molecule has 2 amide bonds. The number of anilines is 1. The van der Waals surface area contributed by atoms with E-state index in [2.05, 4.69) is 5.32 Å². The second-order valence-electron chi connectivity index (χ2n) is 5.17. The summed E-state index contributed by atoms with van der Waals surface area (Å²) in [5, 5.41) is 3.31. The summed E-state index contributed by atoms with van der Waals surface area (Å²) in [6, 6.07) is 5.17. The number of rotatable bonds is 4. The summed E-state index contributed by atoms with van der Waals surface area (Å²) in [6.07, 6.45) is 1.54. The van der Waals surface area contributed by atoms with E-state index >= 15 is 0 Å². The van der Waals surface area contributed by atoms with Crippen molar-refractivity contribution in [2.24, 2.45) is 0 Å². The van der Waals surface area contributed by atoms with Crippen LogP contribution in [0.5, 0.6) is 5.75 Å². The van der Waals surface area contributed by atoms with E-state index in [1.54, 1.807) is 30.1 Å². The molecule has 0 aromatic heterocycles. The zero-order valence-corrected chi connectivity index (χ0v) is 14.4. The Hall–Kier alpha value is -1.27. The Bertz CT molecular complexity index is 558. The van der Waals surface area contributed by atoms with E-state index in [1.165, 1.54) is 0 Å². The van der Waals surface area contributed by atoms with Gasteiger partial charge in [0, 0.05) is 35.4 Å². The van der Waals surface area contributed by atoms with Crippen molar-refractivity contribution in [3.05, 3.63) is 23.2 Å². The van der Waals surface area contributed by atoms with Crippen molar-refractivity contribution in [3.8, 4) is 5.75 Å². The van der Waals surface area contributed by atoms with Crippen molar-refractivity contribution >= 4 is 34.1 Å². The lowest BCUT2D eigenvalue weighted by Gasteiger charge is -2.31. The number of hydrogen-bond donors (Lipinski definition) is 1. The van der Waals surface area contributed by atoms with Gasteiger partial charge in [0.1, 0.15) is 0 Å². The van der Waals surface area contributed by atoms with Gasteiger partial charge >= 0.3 is 6.03 Å². The number of ether oxygens (including phenoxy) is 1. The minimum absolute atomic E-state index is 0.118. The molecule has 0 spiro atoms. The fourth-order valence-corrected chi connectivity index (χ4v) is 3.94. The highest BCUT2D eigenvalue weighted by Crippen LogP contribution is 2.33. The number of amides is 2. The summed E-state index contributed by atoms with van der Waals surface area (Å²) in [5.74, 6) is 1.80. The maximum Gasteiger partial charge on any atom is 0.321 e. The topological polar surface area (TPSA) is 58.6 Å². The predicted octanol–water partition coefficient (Wildman–Crippen LogP) is 3.11. The lowest BCUT2D eigenvalue weighted by Crippen LogP contribution is -2.43. The first kappa shape index (κ1) is 17.1. The molecule has 22 heavy (non-hydrogen) atoms. The van der Waals surface area contributed by atoms with Crippen molar-refractivity contribution in [2.45, 2.75) is 25.8 Å². The van der Waals surface area contributed by atoms with Crippen LogP contribution in [-0.2, 0) is 10.8 Å². The molecule has 1 N–H and O–H groups in total. The van der Waals surface area contributed by atoms with Gasteiger partial charge in [-0.1, -0.05) is 17.7 Å². The molecule has 0 bridgehead atoms. The molecule has 0 unspecified atom stereocenters. The number of hydrogen-bond acceptors (Lipinski definition) is 3. The molecule has 0 radical (unpaired) electrons. The van der Waals surface area contributed by atoms with Crippen LogP contribution >= 0.6 is 11.6 Å². The van der Waals surface area contributed by atoms with Gasteiger partial charge in [0.25, 0.3) is 0 Å². The number of halogens is 1. The number of para-hydroxylation sites is 1. The molecule has 1 aliphatic rings. The van der Waals surface area contributed by atoms with Gasteiger partial charge in [0.15, 0.2) is 5.75 Å². The fraction of sp³-hybridized carbons (Fsp3) is 0.533.